The van der Waals surface area contributed by atoms with E-state index in [2.05, 4.69) is 30.9 Å². The Balaban J connectivity index is 1.78. The number of nitrogens with zero attached hydrogens (tertiary/aromatic N) is 4. The first-order chi connectivity index (χ1) is 16.1. The first kappa shape index (κ1) is 25.2. The van der Waals surface area contributed by atoms with Crippen LogP contribution in [0.2, 0.25) is 5.02 Å². The maximum Gasteiger partial charge on any atom is 0.251 e. The third kappa shape index (κ3) is 6.12. The molecule has 0 spiro atoms. The molecule has 0 aliphatic carbocycles. The maximum atomic E-state index is 12.0. The number of aromatic nitrogens is 3. The van der Waals surface area contributed by atoms with Crippen molar-refractivity contribution in [3.05, 3.63) is 64.4 Å². The molecule has 10 nitrogen and oxygen atoms in total. The van der Waals surface area contributed by atoms with E-state index in [0.29, 0.717) is 40.3 Å². The molecule has 0 bridgehead atoms. The summed E-state index contributed by atoms with van der Waals surface area (Å²) in [5.41, 5.74) is 2.80. The van der Waals surface area contributed by atoms with Crippen molar-refractivity contribution in [2.24, 2.45) is 0 Å². The van der Waals surface area contributed by atoms with Gasteiger partial charge in [-0.15, -0.1) is 0 Å². The van der Waals surface area contributed by atoms with Gasteiger partial charge in [0.05, 0.1) is 12.5 Å². The van der Waals surface area contributed by atoms with Crippen molar-refractivity contribution < 1.29 is 13.2 Å². The number of nitrogens with one attached hydrogen (secondary N) is 3. The van der Waals surface area contributed by atoms with E-state index in [1.54, 1.807) is 30.3 Å². The van der Waals surface area contributed by atoms with Crippen LogP contribution in [0.1, 0.15) is 28.4 Å². The molecule has 1 amide bonds. The van der Waals surface area contributed by atoms with Crippen LogP contribution in [0, 0.1) is 6.92 Å². The number of hydrogen-bond acceptors (Lipinski definition) is 8. The van der Waals surface area contributed by atoms with Crippen LogP contribution in [0.4, 0.5) is 23.3 Å². The fourth-order valence-electron chi connectivity index (χ4n) is 3.07. The molecule has 0 fully saturated rings. The fraction of sp³-hybridized carbons (Fsp3) is 0.273. The molecule has 0 saturated carbocycles. The average molecular weight is 504 g/mol. The highest BCUT2D eigenvalue weighted by atomic mass is 35.5. The fourth-order valence-corrected chi connectivity index (χ4v) is 3.70. The Morgan fingerprint density at radius 1 is 1.21 bits per heavy atom. The summed E-state index contributed by atoms with van der Waals surface area (Å²) in [5.74, 6) is 0.847. The number of rotatable bonds is 9. The molecule has 3 rings (SSSR count). The second kappa shape index (κ2) is 10.7. The van der Waals surface area contributed by atoms with Gasteiger partial charge in [-0.25, -0.2) is 18.4 Å². The second-order valence-electron chi connectivity index (χ2n) is 7.47. The maximum absolute atomic E-state index is 12.0. The lowest BCUT2D eigenvalue weighted by atomic mass is 10.1. The summed E-state index contributed by atoms with van der Waals surface area (Å²) in [7, 11) is -2.03. The van der Waals surface area contributed by atoms with E-state index in [1.807, 2.05) is 13.8 Å². The van der Waals surface area contributed by atoms with Crippen LogP contribution in [-0.2, 0) is 16.6 Å². The SMILES string of the molecule is CCNC(=O)c1ccc(Nc2ncc(Cl)c(NCc3cccnc3N(C)S(C)(=O)=O)n2)c(C)c1. The summed E-state index contributed by atoms with van der Waals surface area (Å²) >= 11 is 6.28. The van der Waals surface area contributed by atoms with Crippen LogP contribution in [0.25, 0.3) is 0 Å². The number of anilines is 4. The normalized spacial score (nSPS) is 11.1. The Morgan fingerprint density at radius 2 is 1.97 bits per heavy atom. The zero-order valence-corrected chi connectivity index (χ0v) is 20.8. The Labute approximate surface area is 203 Å². The van der Waals surface area contributed by atoms with Gasteiger partial charge in [0.1, 0.15) is 10.8 Å². The van der Waals surface area contributed by atoms with Gasteiger partial charge in [-0.2, -0.15) is 4.98 Å². The van der Waals surface area contributed by atoms with Crippen molar-refractivity contribution in [2.75, 3.05) is 34.8 Å². The summed E-state index contributed by atoms with van der Waals surface area (Å²) in [6.45, 7) is 4.53. The number of amides is 1. The molecule has 0 saturated heterocycles. The number of benzene rings is 1. The van der Waals surface area contributed by atoms with Gasteiger partial charge in [-0.3, -0.25) is 9.10 Å². The van der Waals surface area contributed by atoms with Gasteiger partial charge in [0.2, 0.25) is 16.0 Å². The minimum absolute atomic E-state index is 0.136. The lowest BCUT2D eigenvalue weighted by molar-refractivity contribution is 0.0955. The summed E-state index contributed by atoms with van der Waals surface area (Å²) in [4.78, 5) is 24.9. The molecular formula is C22H26ClN7O3S. The number of halogens is 1. The van der Waals surface area contributed by atoms with Crippen LogP contribution in [0.5, 0.6) is 0 Å². The van der Waals surface area contributed by atoms with Gasteiger partial charge < -0.3 is 16.0 Å². The van der Waals surface area contributed by atoms with Crippen LogP contribution in [0.15, 0.2) is 42.7 Å². The minimum atomic E-state index is -3.47. The first-order valence-electron chi connectivity index (χ1n) is 10.4. The number of aryl methyl sites for hydroxylation is 1. The lowest BCUT2D eigenvalue weighted by Gasteiger charge is -2.19. The molecule has 0 radical (unpaired) electrons. The van der Waals surface area contributed by atoms with Gasteiger partial charge in [-0.1, -0.05) is 17.7 Å². The van der Waals surface area contributed by atoms with E-state index in [-0.39, 0.29) is 12.5 Å². The first-order valence-corrected chi connectivity index (χ1v) is 12.6. The quantitative estimate of drug-likeness (QED) is 0.405. The Morgan fingerprint density at radius 3 is 2.65 bits per heavy atom. The van der Waals surface area contributed by atoms with E-state index in [1.165, 1.54) is 19.4 Å². The van der Waals surface area contributed by atoms with Crippen molar-refractivity contribution in [3.63, 3.8) is 0 Å². The van der Waals surface area contributed by atoms with Crippen molar-refractivity contribution in [1.82, 2.24) is 20.3 Å². The van der Waals surface area contributed by atoms with E-state index < -0.39 is 10.0 Å². The third-order valence-electron chi connectivity index (χ3n) is 4.93. The highest BCUT2D eigenvalue weighted by Gasteiger charge is 2.17. The topological polar surface area (TPSA) is 129 Å². The monoisotopic (exact) mass is 503 g/mol. The van der Waals surface area contributed by atoms with Crippen LogP contribution >= 0.6 is 11.6 Å². The summed E-state index contributed by atoms with van der Waals surface area (Å²) in [5, 5.41) is 9.32. The van der Waals surface area contributed by atoms with Gasteiger partial charge in [0.25, 0.3) is 5.91 Å². The van der Waals surface area contributed by atoms with Gasteiger partial charge in [-0.05, 0) is 43.7 Å². The van der Waals surface area contributed by atoms with Crippen LogP contribution in [0.3, 0.4) is 0 Å². The highest BCUT2D eigenvalue weighted by Crippen LogP contribution is 2.25. The summed E-state index contributed by atoms with van der Waals surface area (Å²) in [6.07, 6.45) is 4.10. The molecule has 34 heavy (non-hydrogen) atoms. The molecule has 3 N–H and O–H groups in total. The van der Waals surface area contributed by atoms with Crippen LogP contribution < -0.4 is 20.3 Å². The van der Waals surface area contributed by atoms with E-state index in [4.69, 9.17) is 11.6 Å². The number of hydrogen-bond donors (Lipinski definition) is 3. The van der Waals surface area contributed by atoms with E-state index in [9.17, 15) is 13.2 Å². The number of carbonyl (C=O) groups excluding carboxylic acids is 1. The van der Waals surface area contributed by atoms with Gasteiger partial charge in [0, 0.05) is 43.1 Å². The molecule has 0 aliphatic heterocycles. The van der Waals surface area contributed by atoms with Gasteiger partial charge in [0.15, 0.2) is 5.82 Å². The lowest BCUT2D eigenvalue weighted by Crippen LogP contribution is -2.27. The number of pyridine rings is 1. The number of carbonyl (C=O) groups is 1. The standard InChI is InChI=1S/C22H26ClN7O3S/c1-5-24-21(31)15-8-9-18(14(2)11-15)28-22-27-13-17(23)19(29-22)26-12-16-7-6-10-25-20(16)30(3)34(4,32)33/h6-11,13H,5,12H2,1-4H3,(H,24,31)(H2,26,27,28,29). The average Bonchev–Trinajstić information content (AvgIpc) is 2.80. The van der Waals surface area contributed by atoms with Crippen molar-refractivity contribution in [2.45, 2.75) is 20.4 Å². The van der Waals surface area contributed by atoms with E-state index in [0.717, 1.165) is 21.8 Å². The highest BCUT2D eigenvalue weighted by molar-refractivity contribution is 7.92. The molecule has 3 aromatic rings. The van der Waals surface area contributed by atoms with Crippen molar-refractivity contribution >= 4 is 50.8 Å². The molecule has 2 aromatic heterocycles. The second-order valence-corrected chi connectivity index (χ2v) is 9.90. The largest absolute Gasteiger partial charge is 0.364 e. The summed E-state index contributed by atoms with van der Waals surface area (Å²) in [6, 6.07) is 8.78. The van der Waals surface area contributed by atoms with Crippen molar-refractivity contribution in [3.8, 4) is 0 Å². The molecular weight excluding hydrogens is 478 g/mol. The Hall–Kier alpha value is -3.44. The summed E-state index contributed by atoms with van der Waals surface area (Å²) < 4.78 is 25.0. The van der Waals surface area contributed by atoms with Gasteiger partial charge >= 0.3 is 0 Å². The molecule has 180 valence electrons. The Bertz CT molecular complexity index is 1300. The number of sulfonamides is 1. The molecule has 2 heterocycles. The van der Waals surface area contributed by atoms with E-state index >= 15 is 0 Å². The third-order valence-corrected chi connectivity index (χ3v) is 6.37. The zero-order chi connectivity index (χ0) is 24.9. The molecule has 0 atom stereocenters. The molecule has 12 heteroatoms. The molecule has 0 aliphatic rings. The minimum Gasteiger partial charge on any atom is -0.364 e. The molecule has 1 aromatic carbocycles. The zero-order valence-electron chi connectivity index (χ0n) is 19.3. The Kier molecular flexibility index (Phi) is 7.90. The smallest absolute Gasteiger partial charge is 0.251 e. The predicted molar refractivity (Wildman–Crippen MR) is 134 cm³/mol. The van der Waals surface area contributed by atoms with Crippen molar-refractivity contribution in [1.29, 1.82) is 0 Å². The molecule has 0 unspecified atom stereocenters. The van der Waals surface area contributed by atoms with Crippen LogP contribution in [-0.4, -0.2) is 49.1 Å². The predicted octanol–water partition coefficient (Wildman–Crippen LogP) is 3.33.